The molecule has 12 heavy (non-hydrogen) atoms. The molecule has 0 aromatic rings. The summed E-state index contributed by atoms with van der Waals surface area (Å²) < 4.78 is 0. The van der Waals surface area contributed by atoms with Gasteiger partial charge in [-0.3, -0.25) is 14.4 Å². The number of hydrogen-bond donors (Lipinski definition) is 1. The lowest BCUT2D eigenvalue weighted by Crippen LogP contribution is -2.44. The lowest BCUT2D eigenvalue weighted by molar-refractivity contribution is -0.125. The monoisotopic (exact) mass is 167 g/mol. The van der Waals surface area contributed by atoms with E-state index in [1.54, 1.807) is 0 Å². The highest BCUT2D eigenvalue weighted by Gasteiger charge is 2.50. The van der Waals surface area contributed by atoms with Gasteiger partial charge in [0, 0.05) is 12.8 Å². The molecule has 1 saturated heterocycles. The minimum atomic E-state index is -0.797. The minimum absolute atomic E-state index is 0.0483. The molecule has 2 fully saturated rings. The maximum Gasteiger partial charge on any atom is 0.228 e. The Morgan fingerprint density at radius 3 is 2.42 bits per heavy atom. The number of carbonyl (C=O) groups is 3. The molecule has 2 rings (SSSR count). The zero-order valence-electron chi connectivity index (χ0n) is 6.55. The summed E-state index contributed by atoms with van der Waals surface area (Å²) in [6.45, 7) is 0. The van der Waals surface area contributed by atoms with Crippen LogP contribution in [0.2, 0.25) is 0 Å². The largest absolute Gasteiger partial charge is 0.343 e. The van der Waals surface area contributed by atoms with Crippen LogP contribution in [-0.2, 0) is 14.4 Å². The Bertz CT molecular complexity index is 280. The van der Waals surface area contributed by atoms with Crippen LogP contribution in [0.4, 0.5) is 0 Å². The van der Waals surface area contributed by atoms with E-state index < -0.39 is 5.54 Å². The van der Waals surface area contributed by atoms with Gasteiger partial charge in [0.15, 0.2) is 5.78 Å². The average molecular weight is 167 g/mol. The van der Waals surface area contributed by atoms with Gasteiger partial charge in [-0.1, -0.05) is 0 Å². The number of Topliss-reactive ketones (excluding diaryl/α,β-unsaturated/α-hetero) is 2. The highest BCUT2D eigenvalue weighted by atomic mass is 16.2. The number of rotatable bonds is 0. The van der Waals surface area contributed by atoms with Crippen LogP contribution >= 0.6 is 0 Å². The van der Waals surface area contributed by atoms with Crippen LogP contribution in [0.5, 0.6) is 0 Å². The van der Waals surface area contributed by atoms with E-state index in [4.69, 9.17) is 0 Å². The number of carbonyl (C=O) groups excluding carboxylic acids is 3. The fraction of sp³-hybridized carbons (Fsp3) is 0.625. The van der Waals surface area contributed by atoms with Crippen LogP contribution < -0.4 is 5.32 Å². The normalized spacial score (nSPS) is 34.8. The number of nitrogens with one attached hydrogen (secondary N) is 1. The molecule has 1 saturated carbocycles. The van der Waals surface area contributed by atoms with E-state index in [1.807, 2.05) is 0 Å². The Labute approximate surface area is 69.3 Å². The highest BCUT2D eigenvalue weighted by Crippen LogP contribution is 2.32. The second kappa shape index (κ2) is 2.15. The first-order chi connectivity index (χ1) is 5.62. The van der Waals surface area contributed by atoms with Crippen LogP contribution in [0.3, 0.4) is 0 Å². The van der Waals surface area contributed by atoms with E-state index in [0.29, 0.717) is 12.8 Å². The first kappa shape index (κ1) is 7.46. The van der Waals surface area contributed by atoms with E-state index in [1.165, 1.54) is 0 Å². The fourth-order valence-electron chi connectivity index (χ4n) is 1.91. The van der Waals surface area contributed by atoms with Gasteiger partial charge in [-0.15, -0.1) is 0 Å². The third-order valence-corrected chi connectivity index (χ3v) is 2.56. The SMILES string of the molecule is O=C1CCC2(C1)NC(=O)CC2=O. The maximum absolute atomic E-state index is 11.3. The maximum atomic E-state index is 11.3. The van der Waals surface area contributed by atoms with Gasteiger partial charge in [-0.2, -0.15) is 0 Å². The lowest BCUT2D eigenvalue weighted by atomic mass is 9.94. The zero-order chi connectivity index (χ0) is 8.77. The summed E-state index contributed by atoms with van der Waals surface area (Å²) in [6, 6.07) is 0. The Hall–Kier alpha value is -1.19. The van der Waals surface area contributed by atoms with Gasteiger partial charge in [0.05, 0.1) is 6.42 Å². The van der Waals surface area contributed by atoms with E-state index in [-0.39, 0.29) is 30.3 Å². The first-order valence-corrected chi connectivity index (χ1v) is 3.98. The highest BCUT2D eigenvalue weighted by molar-refractivity contribution is 6.13. The van der Waals surface area contributed by atoms with Crippen LogP contribution in [0, 0.1) is 0 Å². The summed E-state index contributed by atoms with van der Waals surface area (Å²) in [6.07, 6.45) is 1.08. The Morgan fingerprint density at radius 1 is 1.25 bits per heavy atom. The third-order valence-electron chi connectivity index (χ3n) is 2.56. The fourth-order valence-corrected chi connectivity index (χ4v) is 1.91. The van der Waals surface area contributed by atoms with Crippen LogP contribution in [0.25, 0.3) is 0 Å². The molecule has 64 valence electrons. The van der Waals surface area contributed by atoms with Crippen molar-refractivity contribution in [2.24, 2.45) is 0 Å². The Morgan fingerprint density at radius 2 is 2.00 bits per heavy atom. The Balaban J connectivity index is 2.27. The quantitative estimate of drug-likeness (QED) is 0.498. The molecular formula is C8H9NO3. The number of hydrogen-bond acceptors (Lipinski definition) is 3. The molecule has 1 unspecified atom stereocenters. The van der Waals surface area contributed by atoms with Crippen LogP contribution in [0.1, 0.15) is 25.7 Å². The second-order valence-electron chi connectivity index (χ2n) is 3.45. The zero-order valence-corrected chi connectivity index (χ0v) is 6.55. The molecular weight excluding hydrogens is 158 g/mol. The van der Waals surface area contributed by atoms with Gasteiger partial charge in [0.25, 0.3) is 0 Å². The summed E-state index contributed by atoms with van der Waals surface area (Å²) in [5.41, 5.74) is -0.797. The van der Waals surface area contributed by atoms with Crippen molar-refractivity contribution in [3.63, 3.8) is 0 Å². The summed E-state index contributed by atoms with van der Waals surface area (Å²) in [5, 5.41) is 2.60. The van der Waals surface area contributed by atoms with Crippen molar-refractivity contribution in [1.82, 2.24) is 5.32 Å². The first-order valence-electron chi connectivity index (χ1n) is 3.98. The third kappa shape index (κ3) is 0.873. The molecule has 1 N–H and O–H groups in total. The van der Waals surface area contributed by atoms with Crippen molar-refractivity contribution < 1.29 is 14.4 Å². The molecule has 4 nitrogen and oxygen atoms in total. The molecule has 2 aliphatic rings. The molecule has 1 spiro atoms. The molecule has 0 aromatic carbocycles. The molecule has 0 bridgehead atoms. The summed E-state index contributed by atoms with van der Waals surface area (Å²) in [5.74, 6) is -0.279. The van der Waals surface area contributed by atoms with Crippen molar-refractivity contribution in [2.45, 2.75) is 31.2 Å². The molecule has 1 aliphatic carbocycles. The molecule has 1 heterocycles. The van der Waals surface area contributed by atoms with Gasteiger partial charge in [0.1, 0.15) is 11.3 Å². The van der Waals surface area contributed by atoms with Gasteiger partial charge >= 0.3 is 0 Å². The Kier molecular flexibility index (Phi) is 1.34. The predicted octanol–water partition coefficient (Wildman–Crippen LogP) is -0.433. The molecule has 1 amide bonds. The van der Waals surface area contributed by atoms with Crippen molar-refractivity contribution >= 4 is 17.5 Å². The molecule has 1 aliphatic heterocycles. The molecule has 0 aromatic heterocycles. The number of amides is 1. The van der Waals surface area contributed by atoms with Gasteiger partial charge in [-0.25, -0.2) is 0 Å². The predicted molar refractivity (Wildman–Crippen MR) is 39.4 cm³/mol. The van der Waals surface area contributed by atoms with Gasteiger partial charge in [-0.05, 0) is 6.42 Å². The van der Waals surface area contributed by atoms with E-state index in [9.17, 15) is 14.4 Å². The minimum Gasteiger partial charge on any atom is -0.343 e. The van der Waals surface area contributed by atoms with Gasteiger partial charge in [0.2, 0.25) is 5.91 Å². The van der Waals surface area contributed by atoms with Crippen molar-refractivity contribution in [1.29, 1.82) is 0 Å². The van der Waals surface area contributed by atoms with Crippen LogP contribution in [0.15, 0.2) is 0 Å². The van der Waals surface area contributed by atoms with E-state index >= 15 is 0 Å². The average Bonchev–Trinajstić information content (AvgIpc) is 2.43. The summed E-state index contributed by atoms with van der Waals surface area (Å²) >= 11 is 0. The van der Waals surface area contributed by atoms with Crippen LogP contribution in [-0.4, -0.2) is 23.0 Å². The van der Waals surface area contributed by atoms with Crippen molar-refractivity contribution in [3.05, 3.63) is 0 Å². The van der Waals surface area contributed by atoms with Crippen molar-refractivity contribution in [2.75, 3.05) is 0 Å². The van der Waals surface area contributed by atoms with Gasteiger partial charge < -0.3 is 5.32 Å². The summed E-state index contributed by atoms with van der Waals surface area (Å²) in [4.78, 5) is 33.1. The van der Waals surface area contributed by atoms with E-state index in [2.05, 4.69) is 5.32 Å². The number of ketones is 2. The molecule has 0 radical (unpaired) electrons. The smallest absolute Gasteiger partial charge is 0.228 e. The second-order valence-corrected chi connectivity index (χ2v) is 3.45. The molecule has 4 heteroatoms. The van der Waals surface area contributed by atoms with Crippen molar-refractivity contribution in [3.8, 4) is 0 Å². The lowest BCUT2D eigenvalue weighted by Gasteiger charge is -2.18. The topological polar surface area (TPSA) is 63.2 Å². The summed E-state index contributed by atoms with van der Waals surface area (Å²) in [7, 11) is 0. The standard InChI is InChI=1S/C8H9NO3/c10-5-1-2-8(4-5)6(11)3-7(12)9-8/h1-4H2,(H,9,12). The van der Waals surface area contributed by atoms with E-state index in [0.717, 1.165) is 0 Å². The molecule has 1 atom stereocenters.